The standard InChI is InChI=1S/C12H9ClF3N3O/c13-9-3-1-8(2-4-9)11(20)17-10-5-6-19(18-10)7-12(14,15)16/h1-6H,7H2,(H,17,18,20). The minimum Gasteiger partial charge on any atom is -0.305 e. The molecule has 1 aromatic heterocycles. The molecule has 1 heterocycles. The molecule has 0 fully saturated rings. The molecule has 0 saturated heterocycles. The van der Waals surface area contributed by atoms with E-state index < -0.39 is 18.6 Å². The minimum absolute atomic E-state index is 0.0502. The second-order valence-electron chi connectivity index (χ2n) is 3.97. The number of benzene rings is 1. The van der Waals surface area contributed by atoms with Gasteiger partial charge in [-0.3, -0.25) is 9.48 Å². The second kappa shape index (κ2) is 5.54. The first kappa shape index (κ1) is 14.4. The van der Waals surface area contributed by atoms with Crippen LogP contribution in [-0.2, 0) is 6.54 Å². The molecule has 2 rings (SSSR count). The largest absolute Gasteiger partial charge is 0.408 e. The molecule has 2 aromatic rings. The van der Waals surface area contributed by atoms with Crippen LogP contribution < -0.4 is 5.32 Å². The molecule has 0 radical (unpaired) electrons. The topological polar surface area (TPSA) is 46.9 Å². The van der Waals surface area contributed by atoms with Gasteiger partial charge < -0.3 is 5.32 Å². The molecule has 4 nitrogen and oxygen atoms in total. The highest BCUT2D eigenvalue weighted by molar-refractivity contribution is 6.30. The number of carbonyl (C=O) groups excluding carboxylic acids is 1. The van der Waals surface area contributed by atoms with Gasteiger partial charge in [-0.05, 0) is 24.3 Å². The summed E-state index contributed by atoms with van der Waals surface area (Å²) in [6.45, 7) is -1.20. The lowest BCUT2D eigenvalue weighted by Gasteiger charge is -2.05. The van der Waals surface area contributed by atoms with Crippen LogP contribution in [-0.4, -0.2) is 21.9 Å². The van der Waals surface area contributed by atoms with Gasteiger partial charge in [0.15, 0.2) is 5.82 Å². The van der Waals surface area contributed by atoms with Crippen molar-refractivity contribution in [2.45, 2.75) is 12.7 Å². The average molecular weight is 304 g/mol. The van der Waals surface area contributed by atoms with Gasteiger partial charge >= 0.3 is 6.18 Å². The van der Waals surface area contributed by atoms with E-state index in [4.69, 9.17) is 11.6 Å². The van der Waals surface area contributed by atoms with E-state index in [1.165, 1.54) is 18.2 Å². The third-order valence-electron chi connectivity index (χ3n) is 2.33. The molecule has 0 atom stereocenters. The summed E-state index contributed by atoms with van der Waals surface area (Å²) >= 11 is 5.69. The number of alkyl halides is 3. The molecule has 8 heteroatoms. The van der Waals surface area contributed by atoms with Crippen molar-refractivity contribution in [1.29, 1.82) is 0 Å². The van der Waals surface area contributed by atoms with Crippen molar-refractivity contribution in [1.82, 2.24) is 9.78 Å². The zero-order valence-electron chi connectivity index (χ0n) is 9.99. The number of carbonyl (C=O) groups is 1. The highest BCUT2D eigenvalue weighted by Gasteiger charge is 2.28. The van der Waals surface area contributed by atoms with E-state index in [2.05, 4.69) is 10.4 Å². The van der Waals surface area contributed by atoms with Crippen LogP contribution in [0.2, 0.25) is 5.02 Å². The van der Waals surface area contributed by atoms with E-state index in [1.54, 1.807) is 12.1 Å². The van der Waals surface area contributed by atoms with Crippen LogP contribution in [0.25, 0.3) is 0 Å². The van der Waals surface area contributed by atoms with Gasteiger partial charge in [0.05, 0.1) is 0 Å². The highest BCUT2D eigenvalue weighted by atomic mass is 35.5. The molecular formula is C12H9ClF3N3O. The average Bonchev–Trinajstić information content (AvgIpc) is 2.74. The van der Waals surface area contributed by atoms with E-state index in [0.29, 0.717) is 15.3 Å². The minimum atomic E-state index is -4.36. The van der Waals surface area contributed by atoms with Crippen LogP contribution in [0.4, 0.5) is 19.0 Å². The van der Waals surface area contributed by atoms with Crippen molar-refractivity contribution < 1.29 is 18.0 Å². The number of rotatable bonds is 3. The molecule has 0 aliphatic heterocycles. The molecule has 20 heavy (non-hydrogen) atoms. The lowest BCUT2D eigenvalue weighted by atomic mass is 10.2. The molecule has 1 aromatic carbocycles. The van der Waals surface area contributed by atoms with Crippen LogP contribution in [0.5, 0.6) is 0 Å². The lowest BCUT2D eigenvalue weighted by molar-refractivity contribution is -0.142. The predicted molar refractivity (Wildman–Crippen MR) is 67.7 cm³/mol. The molecule has 0 unspecified atom stereocenters. The fourth-order valence-electron chi connectivity index (χ4n) is 1.49. The van der Waals surface area contributed by atoms with Crippen LogP contribution in [0.1, 0.15) is 10.4 Å². The monoisotopic (exact) mass is 303 g/mol. The highest BCUT2D eigenvalue weighted by Crippen LogP contribution is 2.18. The molecule has 0 aliphatic carbocycles. The summed E-state index contributed by atoms with van der Waals surface area (Å²) in [5, 5.41) is 6.50. The zero-order valence-corrected chi connectivity index (χ0v) is 10.7. The Morgan fingerprint density at radius 2 is 1.90 bits per heavy atom. The summed E-state index contributed by atoms with van der Waals surface area (Å²) in [7, 11) is 0. The number of aromatic nitrogens is 2. The Labute approximate surface area is 117 Å². The van der Waals surface area contributed by atoms with Crippen molar-refractivity contribution in [2.75, 3.05) is 5.32 Å². The lowest BCUT2D eigenvalue weighted by Crippen LogP contribution is -2.18. The smallest absolute Gasteiger partial charge is 0.305 e. The molecule has 0 aliphatic rings. The van der Waals surface area contributed by atoms with E-state index in [0.717, 1.165) is 6.20 Å². The summed E-state index contributed by atoms with van der Waals surface area (Å²) in [6.07, 6.45) is -3.21. The first-order chi connectivity index (χ1) is 9.33. The molecular weight excluding hydrogens is 295 g/mol. The SMILES string of the molecule is O=C(Nc1ccn(CC(F)(F)F)n1)c1ccc(Cl)cc1. The van der Waals surface area contributed by atoms with E-state index in [1.807, 2.05) is 0 Å². The molecule has 1 N–H and O–H groups in total. The van der Waals surface area contributed by atoms with Crippen LogP contribution in [0, 0.1) is 0 Å². The van der Waals surface area contributed by atoms with Crippen molar-refractivity contribution in [3.05, 3.63) is 47.1 Å². The fraction of sp³-hybridized carbons (Fsp3) is 0.167. The van der Waals surface area contributed by atoms with Gasteiger partial charge in [0.1, 0.15) is 6.54 Å². The number of hydrogen-bond donors (Lipinski definition) is 1. The van der Waals surface area contributed by atoms with Gasteiger partial charge in [0.2, 0.25) is 0 Å². The van der Waals surface area contributed by atoms with Crippen LogP contribution >= 0.6 is 11.6 Å². The van der Waals surface area contributed by atoms with Crippen LogP contribution in [0.15, 0.2) is 36.5 Å². The summed E-state index contributed by atoms with van der Waals surface area (Å²) in [5.41, 5.74) is 0.333. The quantitative estimate of drug-likeness (QED) is 0.945. The van der Waals surface area contributed by atoms with Gasteiger partial charge in [0, 0.05) is 22.8 Å². The Kier molecular flexibility index (Phi) is 3.99. The number of nitrogens with zero attached hydrogens (tertiary/aromatic N) is 2. The van der Waals surface area contributed by atoms with E-state index >= 15 is 0 Å². The molecule has 0 bridgehead atoms. The number of amides is 1. The molecule has 0 spiro atoms. The number of halogens is 4. The van der Waals surface area contributed by atoms with Crippen molar-refractivity contribution in [3.63, 3.8) is 0 Å². The zero-order chi connectivity index (χ0) is 14.8. The van der Waals surface area contributed by atoms with Gasteiger partial charge in [-0.2, -0.15) is 18.3 Å². The normalized spacial score (nSPS) is 11.4. The third kappa shape index (κ3) is 3.99. The van der Waals surface area contributed by atoms with Crippen molar-refractivity contribution >= 4 is 23.3 Å². The van der Waals surface area contributed by atoms with Gasteiger partial charge in [-0.25, -0.2) is 0 Å². The number of anilines is 1. The maximum absolute atomic E-state index is 12.2. The Balaban J connectivity index is 2.03. The van der Waals surface area contributed by atoms with Crippen molar-refractivity contribution in [2.24, 2.45) is 0 Å². The second-order valence-corrected chi connectivity index (χ2v) is 4.41. The Bertz CT molecular complexity index is 607. The van der Waals surface area contributed by atoms with Gasteiger partial charge in [0.25, 0.3) is 5.91 Å². The summed E-state index contributed by atoms with van der Waals surface area (Å²) in [6, 6.07) is 7.38. The summed E-state index contributed by atoms with van der Waals surface area (Å²) < 4.78 is 37.2. The van der Waals surface area contributed by atoms with Gasteiger partial charge in [-0.15, -0.1) is 0 Å². The Morgan fingerprint density at radius 1 is 1.25 bits per heavy atom. The van der Waals surface area contributed by atoms with E-state index in [-0.39, 0.29) is 5.82 Å². The molecule has 0 saturated carbocycles. The number of nitrogens with one attached hydrogen (secondary N) is 1. The molecule has 1 amide bonds. The van der Waals surface area contributed by atoms with E-state index in [9.17, 15) is 18.0 Å². The first-order valence-corrected chi connectivity index (χ1v) is 5.88. The molecule has 106 valence electrons. The van der Waals surface area contributed by atoms with Crippen molar-refractivity contribution in [3.8, 4) is 0 Å². The third-order valence-corrected chi connectivity index (χ3v) is 2.58. The maximum Gasteiger partial charge on any atom is 0.408 e. The first-order valence-electron chi connectivity index (χ1n) is 5.51. The van der Waals surface area contributed by atoms with Crippen LogP contribution in [0.3, 0.4) is 0 Å². The summed E-state index contributed by atoms with van der Waals surface area (Å²) in [5.74, 6) is -0.423. The Hall–Kier alpha value is -2.02. The van der Waals surface area contributed by atoms with Gasteiger partial charge in [-0.1, -0.05) is 11.6 Å². The summed E-state index contributed by atoms with van der Waals surface area (Å²) in [4.78, 5) is 11.8. The maximum atomic E-state index is 12.2. The Morgan fingerprint density at radius 3 is 2.50 bits per heavy atom. The predicted octanol–water partition coefficient (Wildman–Crippen LogP) is 3.35. The number of hydrogen-bond acceptors (Lipinski definition) is 2. The fourth-order valence-corrected chi connectivity index (χ4v) is 1.62.